The highest BCUT2D eigenvalue weighted by Gasteiger charge is 2.34. The smallest absolute Gasteiger partial charge is 0.223 e. The van der Waals surface area contributed by atoms with Crippen molar-refractivity contribution in [3.8, 4) is 0 Å². The minimum atomic E-state index is 0.328. The summed E-state index contributed by atoms with van der Waals surface area (Å²) in [6, 6.07) is 0.642. The van der Waals surface area contributed by atoms with Crippen molar-refractivity contribution in [1.29, 1.82) is 0 Å². The van der Waals surface area contributed by atoms with Gasteiger partial charge in [0.15, 0.2) is 0 Å². The van der Waals surface area contributed by atoms with Gasteiger partial charge in [0.25, 0.3) is 0 Å². The van der Waals surface area contributed by atoms with Crippen LogP contribution in [0.25, 0.3) is 0 Å². The second-order valence-electron chi connectivity index (χ2n) is 6.94. The standard InChI is InChI=1S/C15H29N3O/c1-15(2,3)13-5-4-9-17(13)10-6-14(19)18-11-7-16-8-12-18/h13,16H,4-12H2,1-3H3. The maximum Gasteiger partial charge on any atom is 0.223 e. The van der Waals surface area contributed by atoms with Gasteiger partial charge >= 0.3 is 0 Å². The maximum atomic E-state index is 12.2. The summed E-state index contributed by atoms with van der Waals surface area (Å²) in [5.74, 6) is 0.334. The maximum absolute atomic E-state index is 12.2. The van der Waals surface area contributed by atoms with Crippen molar-refractivity contribution >= 4 is 5.91 Å². The first-order valence-corrected chi connectivity index (χ1v) is 7.71. The van der Waals surface area contributed by atoms with Crippen LogP contribution in [-0.4, -0.2) is 61.0 Å². The van der Waals surface area contributed by atoms with E-state index in [1.54, 1.807) is 0 Å². The summed E-state index contributed by atoms with van der Waals surface area (Å²) in [5.41, 5.74) is 0.328. The summed E-state index contributed by atoms with van der Waals surface area (Å²) in [7, 11) is 0. The Labute approximate surface area is 117 Å². The van der Waals surface area contributed by atoms with Crippen LogP contribution in [-0.2, 0) is 4.79 Å². The molecule has 0 aliphatic carbocycles. The molecule has 1 amide bonds. The number of hydrogen-bond donors (Lipinski definition) is 1. The van der Waals surface area contributed by atoms with Crippen LogP contribution < -0.4 is 5.32 Å². The van der Waals surface area contributed by atoms with Gasteiger partial charge in [0.1, 0.15) is 0 Å². The zero-order valence-electron chi connectivity index (χ0n) is 12.7. The Balaban J connectivity index is 1.79. The third kappa shape index (κ3) is 3.93. The zero-order chi connectivity index (χ0) is 13.9. The van der Waals surface area contributed by atoms with E-state index in [-0.39, 0.29) is 0 Å². The first kappa shape index (κ1) is 14.8. The van der Waals surface area contributed by atoms with E-state index in [0.29, 0.717) is 23.8 Å². The van der Waals surface area contributed by atoms with Crippen molar-refractivity contribution in [2.24, 2.45) is 5.41 Å². The number of nitrogens with zero attached hydrogens (tertiary/aromatic N) is 2. The van der Waals surface area contributed by atoms with E-state index >= 15 is 0 Å². The van der Waals surface area contributed by atoms with Crippen LogP contribution in [0.3, 0.4) is 0 Å². The minimum Gasteiger partial charge on any atom is -0.340 e. The van der Waals surface area contributed by atoms with Crippen molar-refractivity contribution in [1.82, 2.24) is 15.1 Å². The largest absolute Gasteiger partial charge is 0.340 e. The SMILES string of the molecule is CC(C)(C)C1CCCN1CCC(=O)N1CCNCC1. The summed E-state index contributed by atoms with van der Waals surface area (Å²) in [4.78, 5) is 16.7. The van der Waals surface area contributed by atoms with E-state index in [2.05, 4.69) is 31.0 Å². The van der Waals surface area contributed by atoms with Gasteiger partial charge in [-0.3, -0.25) is 9.69 Å². The van der Waals surface area contributed by atoms with Gasteiger partial charge in [-0.2, -0.15) is 0 Å². The summed E-state index contributed by atoms with van der Waals surface area (Å²) in [5, 5.41) is 3.29. The van der Waals surface area contributed by atoms with Crippen LogP contribution >= 0.6 is 0 Å². The Morgan fingerprint density at radius 2 is 1.89 bits per heavy atom. The number of likely N-dealkylation sites (tertiary alicyclic amines) is 1. The first-order chi connectivity index (χ1) is 8.98. The second-order valence-corrected chi connectivity index (χ2v) is 6.94. The number of rotatable bonds is 3. The van der Waals surface area contributed by atoms with Gasteiger partial charge in [-0.25, -0.2) is 0 Å². The molecule has 2 rings (SSSR count). The van der Waals surface area contributed by atoms with Crippen LogP contribution in [0.5, 0.6) is 0 Å². The fourth-order valence-corrected chi connectivity index (χ4v) is 3.39. The molecule has 0 aromatic carbocycles. The summed E-state index contributed by atoms with van der Waals surface area (Å²) in [6.07, 6.45) is 3.25. The number of carbonyl (C=O) groups excluding carboxylic acids is 1. The molecule has 0 aromatic rings. The zero-order valence-corrected chi connectivity index (χ0v) is 12.7. The highest BCUT2D eigenvalue weighted by molar-refractivity contribution is 5.76. The molecular formula is C15H29N3O. The Kier molecular flexibility index (Phi) is 4.85. The molecule has 2 saturated heterocycles. The number of hydrogen-bond acceptors (Lipinski definition) is 3. The molecule has 4 nitrogen and oxygen atoms in total. The summed E-state index contributed by atoms with van der Waals surface area (Å²) in [6.45, 7) is 12.7. The molecule has 19 heavy (non-hydrogen) atoms. The van der Waals surface area contributed by atoms with Crippen LogP contribution in [0.4, 0.5) is 0 Å². The molecular weight excluding hydrogens is 238 g/mol. The van der Waals surface area contributed by atoms with Gasteiger partial charge in [-0.1, -0.05) is 20.8 Å². The molecule has 2 aliphatic heterocycles. The molecule has 2 heterocycles. The minimum absolute atomic E-state index is 0.328. The molecule has 1 unspecified atom stereocenters. The summed E-state index contributed by atoms with van der Waals surface area (Å²) < 4.78 is 0. The third-order valence-electron chi connectivity index (χ3n) is 4.45. The number of amides is 1. The van der Waals surface area contributed by atoms with Crippen molar-refractivity contribution in [3.63, 3.8) is 0 Å². The molecule has 1 atom stereocenters. The van der Waals surface area contributed by atoms with Crippen molar-refractivity contribution in [3.05, 3.63) is 0 Å². The number of piperazine rings is 1. The highest BCUT2D eigenvalue weighted by atomic mass is 16.2. The lowest BCUT2D eigenvalue weighted by atomic mass is 9.85. The highest BCUT2D eigenvalue weighted by Crippen LogP contribution is 2.32. The molecule has 0 bridgehead atoms. The number of carbonyl (C=O) groups is 1. The average molecular weight is 267 g/mol. The van der Waals surface area contributed by atoms with E-state index in [9.17, 15) is 4.79 Å². The molecule has 110 valence electrons. The third-order valence-corrected chi connectivity index (χ3v) is 4.45. The van der Waals surface area contributed by atoms with Gasteiger partial charge in [-0.05, 0) is 24.8 Å². The van der Waals surface area contributed by atoms with Crippen LogP contribution in [0, 0.1) is 5.41 Å². The molecule has 2 aliphatic rings. The van der Waals surface area contributed by atoms with Crippen molar-refractivity contribution < 1.29 is 4.79 Å². The molecule has 0 radical (unpaired) electrons. The Bertz CT molecular complexity index is 305. The first-order valence-electron chi connectivity index (χ1n) is 7.71. The molecule has 4 heteroatoms. The van der Waals surface area contributed by atoms with Gasteiger partial charge in [0.05, 0.1) is 0 Å². The van der Waals surface area contributed by atoms with Crippen molar-refractivity contribution in [2.75, 3.05) is 39.3 Å². The molecule has 0 aromatic heterocycles. The van der Waals surface area contributed by atoms with E-state index < -0.39 is 0 Å². The van der Waals surface area contributed by atoms with Crippen LogP contribution in [0.15, 0.2) is 0 Å². The van der Waals surface area contributed by atoms with Gasteiger partial charge < -0.3 is 10.2 Å². The van der Waals surface area contributed by atoms with E-state index in [4.69, 9.17) is 0 Å². The van der Waals surface area contributed by atoms with Gasteiger partial charge in [0, 0.05) is 45.2 Å². The monoisotopic (exact) mass is 267 g/mol. The quantitative estimate of drug-likeness (QED) is 0.838. The van der Waals surface area contributed by atoms with E-state index in [1.807, 2.05) is 4.90 Å². The number of nitrogens with one attached hydrogen (secondary N) is 1. The Morgan fingerprint density at radius 1 is 1.21 bits per heavy atom. The predicted molar refractivity (Wildman–Crippen MR) is 78.1 cm³/mol. The molecule has 0 spiro atoms. The van der Waals surface area contributed by atoms with Crippen LogP contribution in [0.2, 0.25) is 0 Å². The lowest BCUT2D eigenvalue weighted by molar-refractivity contribution is -0.132. The molecule has 2 fully saturated rings. The molecule has 0 saturated carbocycles. The average Bonchev–Trinajstić information content (AvgIpc) is 2.85. The lowest BCUT2D eigenvalue weighted by Gasteiger charge is -2.35. The van der Waals surface area contributed by atoms with Crippen LogP contribution in [0.1, 0.15) is 40.0 Å². The van der Waals surface area contributed by atoms with Gasteiger partial charge in [-0.15, -0.1) is 0 Å². The summed E-state index contributed by atoms with van der Waals surface area (Å²) >= 11 is 0. The van der Waals surface area contributed by atoms with E-state index in [0.717, 1.165) is 39.3 Å². The lowest BCUT2D eigenvalue weighted by Crippen LogP contribution is -2.47. The predicted octanol–water partition coefficient (Wildman–Crippen LogP) is 1.32. The second kappa shape index (κ2) is 6.23. The molecule has 1 N–H and O–H groups in total. The van der Waals surface area contributed by atoms with Gasteiger partial charge in [0.2, 0.25) is 5.91 Å². The normalized spacial score (nSPS) is 25.8. The fourth-order valence-electron chi connectivity index (χ4n) is 3.39. The Hall–Kier alpha value is -0.610. The van der Waals surface area contributed by atoms with E-state index in [1.165, 1.54) is 12.8 Å². The fraction of sp³-hybridized carbons (Fsp3) is 0.933. The van der Waals surface area contributed by atoms with Crippen molar-refractivity contribution in [2.45, 2.75) is 46.1 Å². The topological polar surface area (TPSA) is 35.6 Å². The Morgan fingerprint density at radius 3 is 2.53 bits per heavy atom.